The monoisotopic (exact) mass is 394 g/mol. The third-order valence-electron chi connectivity index (χ3n) is 3.89. The van der Waals surface area contributed by atoms with Gasteiger partial charge < -0.3 is 10.2 Å². The number of amides is 2. The molecule has 0 bridgehead atoms. The summed E-state index contributed by atoms with van der Waals surface area (Å²) in [6, 6.07) is 12.3. The summed E-state index contributed by atoms with van der Waals surface area (Å²) in [6.07, 6.45) is 0.248. The van der Waals surface area contributed by atoms with Crippen LogP contribution in [0.25, 0.3) is 0 Å². The van der Waals surface area contributed by atoms with Crippen LogP contribution in [0, 0.1) is 0 Å². The number of carbonyl (C=O) groups excluding carboxylic acids is 2. The summed E-state index contributed by atoms with van der Waals surface area (Å²) in [4.78, 5) is 27.3. The lowest BCUT2D eigenvalue weighted by Crippen LogP contribution is -2.40. The smallest absolute Gasteiger partial charge is 0.237 e. The Balaban J connectivity index is 1.84. The molecule has 0 saturated carbocycles. The number of hydrogen-bond donors (Lipinski definition) is 1. The number of para-hydroxylation sites is 2. The zero-order valence-corrected chi connectivity index (χ0v) is 15.8. The number of nitrogens with zero attached hydrogens (tertiary/aromatic N) is 1. The van der Waals surface area contributed by atoms with Gasteiger partial charge in [-0.15, -0.1) is 11.8 Å². The van der Waals surface area contributed by atoms with E-state index in [1.165, 1.54) is 11.8 Å². The number of rotatable bonds is 3. The molecule has 0 aliphatic carbocycles. The molecule has 0 aromatic heterocycles. The first-order chi connectivity index (χ1) is 12.0. The molecule has 7 heteroatoms. The summed E-state index contributed by atoms with van der Waals surface area (Å²) < 4.78 is 0. The van der Waals surface area contributed by atoms with Crippen molar-refractivity contribution in [2.45, 2.75) is 24.3 Å². The normalized spacial score (nSPS) is 16.8. The van der Waals surface area contributed by atoms with Gasteiger partial charge in [0.05, 0.1) is 27.2 Å². The fourth-order valence-corrected chi connectivity index (χ4v) is 4.34. The third kappa shape index (κ3) is 3.94. The Hall–Kier alpha value is -1.69. The van der Waals surface area contributed by atoms with E-state index in [0.717, 1.165) is 0 Å². The molecule has 0 radical (unpaired) electrons. The highest BCUT2D eigenvalue weighted by atomic mass is 35.5. The van der Waals surface area contributed by atoms with Gasteiger partial charge in [-0.2, -0.15) is 0 Å². The van der Waals surface area contributed by atoms with Gasteiger partial charge in [-0.3, -0.25) is 9.59 Å². The maximum absolute atomic E-state index is 12.9. The molecule has 2 aromatic rings. The molecule has 0 saturated heterocycles. The first-order valence-electron chi connectivity index (χ1n) is 7.75. The van der Waals surface area contributed by atoms with Crippen molar-refractivity contribution >= 4 is 58.2 Å². The van der Waals surface area contributed by atoms with E-state index in [1.54, 1.807) is 29.2 Å². The minimum Gasteiger partial charge on any atom is -0.324 e. The number of anilines is 2. The highest BCUT2D eigenvalue weighted by Crippen LogP contribution is 2.36. The number of halogens is 2. The van der Waals surface area contributed by atoms with Crippen LogP contribution in [0.5, 0.6) is 0 Å². The van der Waals surface area contributed by atoms with Gasteiger partial charge in [-0.25, -0.2) is 0 Å². The number of hydrogen-bond acceptors (Lipinski definition) is 3. The minimum absolute atomic E-state index is 0.0996. The van der Waals surface area contributed by atoms with Crippen molar-refractivity contribution in [3.8, 4) is 0 Å². The average Bonchev–Trinajstić information content (AvgIpc) is 2.68. The molecule has 3 rings (SSSR count). The molecule has 0 unspecified atom stereocenters. The lowest BCUT2D eigenvalue weighted by atomic mass is 10.2. The standard InChI is InChI=1S/C18H16Cl2N2O2S/c1-11-9-16(23)21-14-7-2-3-8-15(14)22(11)17(24)10-25-18-12(19)5-4-6-13(18)20/h2-8,11H,9-10H2,1H3,(H,21,23)/t11-/m0/s1. The molecular formula is C18H16Cl2N2O2S. The fraction of sp³-hybridized carbons (Fsp3) is 0.222. The molecule has 1 aliphatic rings. The van der Waals surface area contributed by atoms with E-state index in [9.17, 15) is 9.59 Å². The van der Waals surface area contributed by atoms with E-state index in [0.29, 0.717) is 26.3 Å². The number of carbonyl (C=O) groups is 2. The zero-order chi connectivity index (χ0) is 18.0. The second-order valence-electron chi connectivity index (χ2n) is 5.72. The van der Waals surface area contributed by atoms with Crippen molar-refractivity contribution in [1.82, 2.24) is 0 Å². The number of nitrogens with one attached hydrogen (secondary N) is 1. The molecule has 0 fully saturated rings. The molecule has 2 aromatic carbocycles. The first kappa shape index (κ1) is 18.1. The van der Waals surface area contributed by atoms with E-state index < -0.39 is 0 Å². The highest BCUT2D eigenvalue weighted by Gasteiger charge is 2.29. The van der Waals surface area contributed by atoms with E-state index >= 15 is 0 Å². The van der Waals surface area contributed by atoms with Crippen LogP contribution in [0.4, 0.5) is 11.4 Å². The Labute approximate surface area is 160 Å². The quantitative estimate of drug-likeness (QED) is 0.756. The van der Waals surface area contributed by atoms with Crippen molar-refractivity contribution < 1.29 is 9.59 Å². The van der Waals surface area contributed by atoms with E-state index in [4.69, 9.17) is 23.2 Å². The van der Waals surface area contributed by atoms with Crippen molar-refractivity contribution in [3.05, 3.63) is 52.5 Å². The Morgan fingerprint density at radius 1 is 1.20 bits per heavy atom. The van der Waals surface area contributed by atoms with Gasteiger partial charge >= 0.3 is 0 Å². The van der Waals surface area contributed by atoms with Gasteiger partial charge in [0.2, 0.25) is 11.8 Å². The Kier molecular flexibility index (Phi) is 5.57. The van der Waals surface area contributed by atoms with Crippen LogP contribution in [0.2, 0.25) is 10.0 Å². The van der Waals surface area contributed by atoms with Crippen molar-refractivity contribution in [2.24, 2.45) is 0 Å². The number of fused-ring (bicyclic) bond motifs is 1. The fourth-order valence-electron chi connectivity index (χ4n) is 2.79. The minimum atomic E-state index is -0.238. The van der Waals surface area contributed by atoms with Gasteiger partial charge in [0.15, 0.2) is 0 Å². The second kappa shape index (κ2) is 7.68. The van der Waals surface area contributed by atoms with Crippen LogP contribution >= 0.6 is 35.0 Å². The lowest BCUT2D eigenvalue weighted by molar-refractivity contribution is -0.117. The van der Waals surface area contributed by atoms with Gasteiger partial charge in [-0.05, 0) is 31.2 Å². The average molecular weight is 395 g/mol. The maximum atomic E-state index is 12.9. The van der Waals surface area contributed by atoms with Crippen LogP contribution in [0.3, 0.4) is 0 Å². The molecule has 1 aliphatic heterocycles. The molecule has 25 heavy (non-hydrogen) atoms. The molecule has 1 heterocycles. The highest BCUT2D eigenvalue weighted by molar-refractivity contribution is 8.00. The molecule has 130 valence electrons. The van der Waals surface area contributed by atoms with Crippen molar-refractivity contribution in [1.29, 1.82) is 0 Å². The molecule has 1 atom stereocenters. The Morgan fingerprint density at radius 2 is 1.88 bits per heavy atom. The third-order valence-corrected chi connectivity index (χ3v) is 5.86. The van der Waals surface area contributed by atoms with E-state index in [-0.39, 0.29) is 30.0 Å². The number of thioether (sulfide) groups is 1. The maximum Gasteiger partial charge on any atom is 0.237 e. The van der Waals surface area contributed by atoms with Gasteiger partial charge in [0, 0.05) is 17.4 Å². The van der Waals surface area contributed by atoms with Crippen molar-refractivity contribution in [3.63, 3.8) is 0 Å². The topological polar surface area (TPSA) is 49.4 Å². The summed E-state index contributed by atoms with van der Waals surface area (Å²) in [6.45, 7) is 1.87. The Bertz CT molecular complexity index is 808. The van der Waals surface area contributed by atoms with Crippen molar-refractivity contribution in [2.75, 3.05) is 16.0 Å². The second-order valence-corrected chi connectivity index (χ2v) is 7.52. The van der Waals surface area contributed by atoms with Crippen LogP contribution in [-0.2, 0) is 9.59 Å². The molecule has 0 spiro atoms. The van der Waals surface area contributed by atoms with Crippen LogP contribution < -0.4 is 10.2 Å². The predicted molar refractivity (Wildman–Crippen MR) is 104 cm³/mol. The van der Waals surface area contributed by atoms with Crippen LogP contribution in [-0.4, -0.2) is 23.6 Å². The zero-order valence-electron chi connectivity index (χ0n) is 13.5. The summed E-state index contributed by atoms with van der Waals surface area (Å²) in [5, 5.41) is 3.89. The summed E-state index contributed by atoms with van der Waals surface area (Å²) in [7, 11) is 0. The SMILES string of the molecule is C[C@H]1CC(=O)Nc2ccccc2N1C(=O)CSc1c(Cl)cccc1Cl. The molecule has 2 amide bonds. The first-order valence-corrected chi connectivity index (χ1v) is 9.49. The number of benzene rings is 2. The van der Waals surface area contributed by atoms with Crippen LogP contribution in [0.1, 0.15) is 13.3 Å². The van der Waals surface area contributed by atoms with Crippen LogP contribution in [0.15, 0.2) is 47.4 Å². The van der Waals surface area contributed by atoms with E-state index in [2.05, 4.69) is 5.32 Å². The largest absolute Gasteiger partial charge is 0.324 e. The summed E-state index contributed by atoms with van der Waals surface area (Å²) >= 11 is 13.6. The Morgan fingerprint density at radius 3 is 2.60 bits per heavy atom. The lowest BCUT2D eigenvalue weighted by Gasteiger charge is -2.27. The van der Waals surface area contributed by atoms with Gasteiger partial charge in [-0.1, -0.05) is 41.4 Å². The summed E-state index contributed by atoms with van der Waals surface area (Å²) in [5.41, 5.74) is 1.35. The predicted octanol–water partition coefficient (Wildman–Crippen LogP) is 4.85. The molecular weight excluding hydrogens is 379 g/mol. The summed E-state index contributed by atoms with van der Waals surface area (Å²) in [5.74, 6) is -0.0226. The van der Waals surface area contributed by atoms with Gasteiger partial charge in [0.1, 0.15) is 0 Å². The molecule has 1 N–H and O–H groups in total. The van der Waals surface area contributed by atoms with E-state index in [1.807, 2.05) is 25.1 Å². The van der Waals surface area contributed by atoms with Gasteiger partial charge in [0.25, 0.3) is 0 Å². The molecule has 4 nitrogen and oxygen atoms in total.